The molecule has 1 saturated heterocycles. The molecule has 0 unspecified atom stereocenters. The van der Waals surface area contributed by atoms with E-state index in [9.17, 15) is 13.6 Å². The molecule has 0 saturated carbocycles. The molecule has 2 amide bonds. The number of amides is 2. The van der Waals surface area contributed by atoms with Crippen molar-refractivity contribution in [3.63, 3.8) is 0 Å². The molecule has 1 fully saturated rings. The summed E-state index contributed by atoms with van der Waals surface area (Å²) >= 11 is 0. The summed E-state index contributed by atoms with van der Waals surface area (Å²) in [4.78, 5) is 29.4. The van der Waals surface area contributed by atoms with Crippen molar-refractivity contribution in [3.8, 4) is 11.5 Å². The van der Waals surface area contributed by atoms with Gasteiger partial charge in [-0.1, -0.05) is 6.07 Å². The summed E-state index contributed by atoms with van der Waals surface area (Å²) in [6.07, 6.45) is 4.15. The molecular weight excluding hydrogens is 532 g/mol. The molecule has 2 aromatic carbocycles. The summed E-state index contributed by atoms with van der Waals surface area (Å²) < 4.78 is 39.7. The highest BCUT2D eigenvalue weighted by molar-refractivity contribution is 5.92. The highest BCUT2D eigenvalue weighted by Crippen LogP contribution is 2.34. The van der Waals surface area contributed by atoms with Crippen LogP contribution in [0.25, 0.3) is 10.9 Å². The minimum atomic E-state index is -0.819. The molecule has 4 aromatic rings. The molecule has 2 aromatic heterocycles. The second-order valence-corrected chi connectivity index (χ2v) is 9.62. The van der Waals surface area contributed by atoms with Gasteiger partial charge in [-0.05, 0) is 37.3 Å². The number of benzene rings is 2. The van der Waals surface area contributed by atoms with Gasteiger partial charge >= 0.3 is 6.03 Å². The van der Waals surface area contributed by atoms with Crippen LogP contribution in [0.2, 0.25) is 0 Å². The summed E-state index contributed by atoms with van der Waals surface area (Å²) in [5, 5.41) is 6.52. The molecule has 0 atom stereocenters. The van der Waals surface area contributed by atoms with E-state index in [1.54, 1.807) is 13.3 Å². The number of carbonyl (C=O) groups is 1. The van der Waals surface area contributed by atoms with Crippen molar-refractivity contribution in [1.82, 2.24) is 19.9 Å². The number of fused-ring (bicyclic) bond motifs is 1. The van der Waals surface area contributed by atoms with Gasteiger partial charge in [0, 0.05) is 56.7 Å². The largest absolute Gasteiger partial charge is 0.493 e. The lowest BCUT2D eigenvalue weighted by Crippen LogP contribution is -2.44. The second-order valence-electron chi connectivity index (χ2n) is 9.62. The quantitative estimate of drug-likeness (QED) is 0.286. The Balaban J connectivity index is 1.23. The van der Waals surface area contributed by atoms with Crippen LogP contribution in [-0.2, 0) is 0 Å². The molecule has 5 rings (SSSR count). The van der Waals surface area contributed by atoms with Crippen LogP contribution in [0.1, 0.15) is 19.8 Å². The average Bonchev–Trinajstić information content (AvgIpc) is 2.99. The molecule has 1 aliphatic heterocycles. The molecule has 41 heavy (non-hydrogen) atoms. The number of piperidine rings is 1. The minimum Gasteiger partial charge on any atom is -0.493 e. The molecule has 0 aliphatic carbocycles. The van der Waals surface area contributed by atoms with E-state index in [0.717, 1.165) is 41.1 Å². The van der Waals surface area contributed by atoms with Crippen molar-refractivity contribution in [2.45, 2.75) is 25.9 Å². The first kappa shape index (κ1) is 27.8. The molecular formula is C29H31F2N7O3. The number of rotatable bonds is 8. The van der Waals surface area contributed by atoms with Gasteiger partial charge in [0.25, 0.3) is 0 Å². The van der Waals surface area contributed by atoms with Crippen LogP contribution in [0.15, 0.2) is 55.0 Å². The third kappa shape index (κ3) is 6.21. The van der Waals surface area contributed by atoms with Crippen molar-refractivity contribution in [1.29, 1.82) is 0 Å². The first-order valence-corrected chi connectivity index (χ1v) is 13.3. The van der Waals surface area contributed by atoms with E-state index in [1.807, 2.05) is 36.2 Å². The molecule has 0 radical (unpaired) electrons. The number of urea groups is 1. The maximum Gasteiger partial charge on any atom is 0.322 e. The number of hydrogen-bond acceptors (Lipinski definition) is 8. The fraction of sp³-hybridized carbons (Fsp3) is 0.310. The number of carbonyl (C=O) groups excluding carboxylic acids is 1. The average molecular weight is 564 g/mol. The number of aromatic nitrogens is 3. The Hall–Kier alpha value is -4.74. The van der Waals surface area contributed by atoms with Crippen LogP contribution >= 0.6 is 0 Å². The number of methoxy groups -OCH3 is 1. The van der Waals surface area contributed by atoms with Gasteiger partial charge in [0.1, 0.15) is 41.4 Å². The predicted octanol–water partition coefficient (Wildman–Crippen LogP) is 5.59. The Morgan fingerprint density at radius 2 is 1.83 bits per heavy atom. The van der Waals surface area contributed by atoms with Crippen molar-refractivity contribution in [3.05, 3.63) is 66.6 Å². The van der Waals surface area contributed by atoms with Gasteiger partial charge in [-0.2, -0.15) is 0 Å². The van der Waals surface area contributed by atoms with Crippen LogP contribution in [0.5, 0.6) is 11.5 Å². The van der Waals surface area contributed by atoms with Gasteiger partial charge in [-0.25, -0.2) is 28.5 Å². The Bertz CT molecular complexity index is 1530. The van der Waals surface area contributed by atoms with E-state index in [-0.39, 0.29) is 6.10 Å². The van der Waals surface area contributed by atoms with Crippen LogP contribution in [0.4, 0.5) is 36.6 Å². The predicted molar refractivity (Wildman–Crippen MR) is 153 cm³/mol. The summed E-state index contributed by atoms with van der Waals surface area (Å²) in [6, 6.07) is 10.4. The lowest BCUT2D eigenvalue weighted by molar-refractivity contribution is 0.112. The highest BCUT2D eigenvalue weighted by atomic mass is 19.1. The minimum absolute atomic E-state index is 0.163. The third-order valence-electron chi connectivity index (χ3n) is 7.02. The molecule has 1 aliphatic rings. The lowest BCUT2D eigenvalue weighted by atomic mass is 10.1. The van der Waals surface area contributed by atoms with Gasteiger partial charge in [0.2, 0.25) is 0 Å². The highest BCUT2D eigenvalue weighted by Gasteiger charge is 2.26. The van der Waals surface area contributed by atoms with E-state index < -0.39 is 23.4 Å². The number of anilines is 4. The molecule has 2 N–H and O–H groups in total. The zero-order chi connectivity index (χ0) is 28.9. The van der Waals surface area contributed by atoms with Crippen molar-refractivity contribution in [2.24, 2.45) is 0 Å². The van der Waals surface area contributed by atoms with Crippen LogP contribution in [0, 0.1) is 11.6 Å². The monoisotopic (exact) mass is 563 g/mol. The number of ether oxygens (including phenoxy) is 2. The van der Waals surface area contributed by atoms with E-state index in [0.29, 0.717) is 43.2 Å². The molecule has 0 bridgehead atoms. The van der Waals surface area contributed by atoms with Gasteiger partial charge in [-0.3, -0.25) is 0 Å². The molecule has 0 spiro atoms. The number of halogens is 2. The fourth-order valence-corrected chi connectivity index (χ4v) is 4.56. The standard InChI is InChI=1S/C29H31F2N7O3/c1-4-37(2)26-15-20-23(16-32-26)33-17-34-28(20)35-18-8-9-24(25(14-18)40-3)41-19-10-12-38(13-11-19)29(39)36-27-21(30)6-5-7-22(27)31/h5-9,14-17,19H,4,10-13H2,1-3H3,(H,36,39)(H,33,34,35). The maximum atomic E-state index is 13.9. The summed E-state index contributed by atoms with van der Waals surface area (Å²) in [6.45, 7) is 3.62. The van der Waals surface area contributed by atoms with Crippen molar-refractivity contribution in [2.75, 3.05) is 49.3 Å². The zero-order valence-corrected chi connectivity index (χ0v) is 23.0. The Labute approximate surface area is 236 Å². The number of para-hydroxylation sites is 1. The Kier molecular flexibility index (Phi) is 8.27. The van der Waals surface area contributed by atoms with Crippen LogP contribution < -0.4 is 25.0 Å². The molecule has 3 heterocycles. The summed E-state index contributed by atoms with van der Waals surface area (Å²) in [5.41, 5.74) is 1.03. The van der Waals surface area contributed by atoms with E-state index >= 15 is 0 Å². The number of pyridine rings is 1. The maximum absolute atomic E-state index is 13.9. The van der Waals surface area contributed by atoms with Crippen molar-refractivity contribution >= 4 is 39.9 Å². The van der Waals surface area contributed by atoms with Gasteiger partial charge < -0.3 is 29.9 Å². The van der Waals surface area contributed by atoms with Crippen LogP contribution in [-0.4, -0.2) is 65.8 Å². The Morgan fingerprint density at radius 3 is 2.54 bits per heavy atom. The summed E-state index contributed by atoms with van der Waals surface area (Å²) in [5.74, 6) is 0.928. The molecule has 12 heteroatoms. The zero-order valence-electron chi connectivity index (χ0n) is 23.0. The summed E-state index contributed by atoms with van der Waals surface area (Å²) in [7, 11) is 3.54. The first-order valence-electron chi connectivity index (χ1n) is 13.3. The number of hydrogen-bond donors (Lipinski definition) is 2. The van der Waals surface area contributed by atoms with E-state index in [1.165, 1.54) is 17.3 Å². The van der Waals surface area contributed by atoms with Gasteiger partial charge in [0.05, 0.1) is 18.8 Å². The fourth-order valence-electron chi connectivity index (χ4n) is 4.56. The smallest absolute Gasteiger partial charge is 0.322 e. The topological polar surface area (TPSA) is 105 Å². The van der Waals surface area contributed by atoms with Crippen LogP contribution in [0.3, 0.4) is 0 Å². The number of nitrogens with zero attached hydrogens (tertiary/aromatic N) is 5. The second kappa shape index (κ2) is 12.2. The normalized spacial score (nSPS) is 13.6. The molecule has 214 valence electrons. The third-order valence-corrected chi connectivity index (χ3v) is 7.02. The van der Waals surface area contributed by atoms with E-state index in [4.69, 9.17) is 9.47 Å². The number of nitrogens with one attached hydrogen (secondary N) is 2. The van der Waals surface area contributed by atoms with Crippen molar-refractivity contribution < 1.29 is 23.0 Å². The first-order chi connectivity index (χ1) is 19.9. The van der Waals surface area contributed by atoms with E-state index in [2.05, 4.69) is 32.5 Å². The van der Waals surface area contributed by atoms with Gasteiger partial charge in [-0.15, -0.1) is 0 Å². The Morgan fingerprint density at radius 1 is 1.07 bits per heavy atom. The number of likely N-dealkylation sites (tertiary alicyclic amines) is 1. The SMILES string of the molecule is CCN(C)c1cc2c(Nc3ccc(OC4CCN(C(=O)Nc5c(F)cccc5F)CC4)c(OC)c3)ncnc2cn1. The van der Waals surface area contributed by atoms with Gasteiger partial charge in [0.15, 0.2) is 11.5 Å². The molecule has 10 nitrogen and oxygen atoms in total. The lowest BCUT2D eigenvalue weighted by Gasteiger charge is -2.32.